The zero-order valence-corrected chi connectivity index (χ0v) is 11.0. The first kappa shape index (κ1) is 11.2. The Bertz CT molecular complexity index is 982. The van der Waals surface area contributed by atoms with Gasteiger partial charge < -0.3 is 4.40 Å². The topological polar surface area (TPSA) is 34.4 Å². The van der Waals surface area contributed by atoms with Gasteiger partial charge in [0, 0.05) is 28.7 Å². The van der Waals surface area contributed by atoms with Crippen LogP contribution in [0.25, 0.3) is 27.3 Å². The highest BCUT2D eigenvalue weighted by molar-refractivity contribution is 6.03. The van der Waals surface area contributed by atoms with Crippen molar-refractivity contribution in [3.63, 3.8) is 0 Å². The highest BCUT2D eigenvalue weighted by Crippen LogP contribution is 2.25. The molecule has 3 heteroatoms. The lowest BCUT2D eigenvalue weighted by Crippen LogP contribution is -1.93. The summed E-state index contributed by atoms with van der Waals surface area (Å²) in [6, 6.07) is 14.0. The molecule has 0 spiro atoms. The maximum Gasteiger partial charge on any atom is 0.159 e. The standard InChI is InChI=1S/C17H12N2O/c1-11(20)12-6-7-19-10-14-8-13-4-2-3-5-15(13)18-17(14)16(19)9-12/h2-10H,1H3. The number of ketones is 1. The van der Waals surface area contributed by atoms with Crippen molar-refractivity contribution in [2.75, 3.05) is 0 Å². The molecule has 3 nitrogen and oxygen atoms in total. The Morgan fingerprint density at radius 2 is 1.95 bits per heavy atom. The molecule has 96 valence electrons. The van der Waals surface area contributed by atoms with E-state index in [0.717, 1.165) is 27.3 Å². The summed E-state index contributed by atoms with van der Waals surface area (Å²) in [5.41, 5.74) is 3.60. The molecule has 0 N–H and O–H groups in total. The van der Waals surface area contributed by atoms with Crippen molar-refractivity contribution in [1.29, 1.82) is 0 Å². The first-order chi connectivity index (χ1) is 9.72. The summed E-state index contributed by atoms with van der Waals surface area (Å²) in [7, 11) is 0. The van der Waals surface area contributed by atoms with Gasteiger partial charge in [-0.1, -0.05) is 18.2 Å². The summed E-state index contributed by atoms with van der Waals surface area (Å²) in [4.78, 5) is 16.3. The molecule has 20 heavy (non-hydrogen) atoms. The number of rotatable bonds is 1. The maximum absolute atomic E-state index is 11.5. The van der Waals surface area contributed by atoms with Crippen molar-refractivity contribution < 1.29 is 4.79 Å². The van der Waals surface area contributed by atoms with Crippen molar-refractivity contribution in [2.24, 2.45) is 0 Å². The molecule has 0 aliphatic carbocycles. The molecule has 0 aliphatic heterocycles. The molecule has 1 aromatic carbocycles. The minimum Gasteiger partial charge on any atom is -0.321 e. The highest BCUT2D eigenvalue weighted by atomic mass is 16.1. The Labute approximate surface area is 115 Å². The SMILES string of the molecule is CC(=O)c1ccn2cc3cc4ccccc4nc3c2c1. The first-order valence-electron chi connectivity index (χ1n) is 6.53. The molecule has 0 fully saturated rings. The minimum absolute atomic E-state index is 0.0719. The van der Waals surface area contributed by atoms with Crippen molar-refractivity contribution in [1.82, 2.24) is 9.38 Å². The average molecular weight is 260 g/mol. The lowest BCUT2D eigenvalue weighted by Gasteiger charge is -1.99. The van der Waals surface area contributed by atoms with Gasteiger partial charge in [-0.2, -0.15) is 0 Å². The molecule has 0 atom stereocenters. The van der Waals surface area contributed by atoms with Crippen LogP contribution in [0.5, 0.6) is 0 Å². The van der Waals surface area contributed by atoms with Gasteiger partial charge in [0.1, 0.15) is 0 Å². The average Bonchev–Trinajstić information content (AvgIpc) is 2.81. The van der Waals surface area contributed by atoms with Gasteiger partial charge in [0.25, 0.3) is 0 Å². The van der Waals surface area contributed by atoms with Crippen LogP contribution < -0.4 is 0 Å². The normalized spacial score (nSPS) is 11.4. The molecular formula is C17H12N2O. The fourth-order valence-corrected chi connectivity index (χ4v) is 2.62. The summed E-state index contributed by atoms with van der Waals surface area (Å²) < 4.78 is 2.02. The molecular weight excluding hydrogens is 248 g/mol. The Hall–Kier alpha value is -2.68. The van der Waals surface area contributed by atoms with Gasteiger partial charge in [0.2, 0.25) is 0 Å². The second kappa shape index (κ2) is 3.90. The van der Waals surface area contributed by atoms with E-state index in [-0.39, 0.29) is 5.78 Å². The van der Waals surface area contributed by atoms with E-state index in [4.69, 9.17) is 4.98 Å². The fourth-order valence-electron chi connectivity index (χ4n) is 2.62. The van der Waals surface area contributed by atoms with Gasteiger partial charge >= 0.3 is 0 Å². The number of hydrogen-bond acceptors (Lipinski definition) is 2. The number of para-hydroxylation sites is 1. The van der Waals surface area contributed by atoms with E-state index in [1.54, 1.807) is 6.92 Å². The lowest BCUT2D eigenvalue weighted by molar-refractivity contribution is 0.101. The molecule has 0 aliphatic rings. The Morgan fingerprint density at radius 1 is 1.10 bits per heavy atom. The van der Waals surface area contributed by atoms with Gasteiger partial charge in [-0.3, -0.25) is 4.79 Å². The number of aromatic nitrogens is 2. The van der Waals surface area contributed by atoms with Gasteiger partial charge in [-0.15, -0.1) is 0 Å². The third-order valence-corrected chi connectivity index (χ3v) is 3.67. The van der Waals surface area contributed by atoms with Crippen LogP contribution in [0, 0.1) is 0 Å². The number of benzene rings is 1. The predicted molar refractivity (Wildman–Crippen MR) is 80.2 cm³/mol. The van der Waals surface area contributed by atoms with E-state index in [1.807, 2.05) is 47.1 Å². The summed E-state index contributed by atoms with van der Waals surface area (Å²) >= 11 is 0. The predicted octanol–water partition coefficient (Wildman–Crippen LogP) is 3.84. The molecule has 0 saturated carbocycles. The van der Waals surface area contributed by atoms with Crippen LogP contribution >= 0.6 is 0 Å². The largest absolute Gasteiger partial charge is 0.321 e. The Kier molecular flexibility index (Phi) is 2.18. The van der Waals surface area contributed by atoms with Crippen molar-refractivity contribution >= 4 is 33.1 Å². The number of carbonyl (C=O) groups excluding carboxylic acids is 1. The van der Waals surface area contributed by atoms with Crippen LogP contribution in [0.1, 0.15) is 17.3 Å². The smallest absolute Gasteiger partial charge is 0.159 e. The Balaban J connectivity index is 2.15. The first-order valence-corrected chi connectivity index (χ1v) is 6.53. The Morgan fingerprint density at radius 3 is 2.80 bits per heavy atom. The zero-order valence-electron chi connectivity index (χ0n) is 11.0. The molecule has 4 rings (SSSR count). The number of Topliss-reactive ketones (excluding diaryl/α,β-unsaturated/α-hetero) is 1. The molecule has 0 radical (unpaired) electrons. The van der Waals surface area contributed by atoms with Gasteiger partial charge in [0.05, 0.1) is 16.6 Å². The molecule has 0 amide bonds. The van der Waals surface area contributed by atoms with Crippen LogP contribution in [0.4, 0.5) is 0 Å². The number of fused-ring (bicyclic) bond motifs is 4. The van der Waals surface area contributed by atoms with Gasteiger partial charge in [0.15, 0.2) is 5.78 Å². The highest BCUT2D eigenvalue weighted by Gasteiger charge is 2.08. The van der Waals surface area contributed by atoms with Crippen LogP contribution in [0.15, 0.2) is 54.9 Å². The lowest BCUT2D eigenvalue weighted by atomic mass is 10.1. The molecule has 3 heterocycles. The van der Waals surface area contributed by atoms with Crippen molar-refractivity contribution in [2.45, 2.75) is 6.92 Å². The fraction of sp³-hybridized carbons (Fsp3) is 0.0588. The summed E-state index contributed by atoms with van der Waals surface area (Å²) in [5.74, 6) is 0.0719. The number of pyridine rings is 2. The molecule has 4 aromatic rings. The van der Waals surface area contributed by atoms with Crippen LogP contribution in [0.2, 0.25) is 0 Å². The van der Waals surface area contributed by atoms with Crippen LogP contribution in [-0.2, 0) is 0 Å². The maximum atomic E-state index is 11.5. The van der Waals surface area contributed by atoms with Crippen molar-refractivity contribution in [3.8, 4) is 0 Å². The van der Waals surface area contributed by atoms with E-state index in [1.165, 1.54) is 0 Å². The van der Waals surface area contributed by atoms with Gasteiger partial charge in [-0.05, 0) is 31.2 Å². The van der Waals surface area contributed by atoms with E-state index in [0.29, 0.717) is 5.56 Å². The second-order valence-electron chi connectivity index (χ2n) is 5.01. The molecule has 0 unspecified atom stereocenters. The number of nitrogens with zero attached hydrogens (tertiary/aromatic N) is 2. The molecule has 0 saturated heterocycles. The number of hydrogen-bond donors (Lipinski definition) is 0. The van der Waals surface area contributed by atoms with Crippen molar-refractivity contribution in [3.05, 3.63) is 60.4 Å². The molecule has 3 aromatic heterocycles. The van der Waals surface area contributed by atoms with E-state index in [2.05, 4.69) is 12.1 Å². The number of carbonyl (C=O) groups is 1. The summed E-state index contributed by atoms with van der Waals surface area (Å²) in [5, 5.41) is 2.21. The molecule has 0 bridgehead atoms. The van der Waals surface area contributed by atoms with Gasteiger partial charge in [-0.25, -0.2) is 4.98 Å². The summed E-state index contributed by atoms with van der Waals surface area (Å²) in [6.07, 6.45) is 3.96. The van der Waals surface area contributed by atoms with E-state index >= 15 is 0 Å². The third kappa shape index (κ3) is 1.53. The third-order valence-electron chi connectivity index (χ3n) is 3.67. The van der Waals surface area contributed by atoms with Crippen LogP contribution in [0.3, 0.4) is 0 Å². The summed E-state index contributed by atoms with van der Waals surface area (Å²) in [6.45, 7) is 1.58. The van der Waals surface area contributed by atoms with Crippen LogP contribution in [-0.4, -0.2) is 15.2 Å². The second-order valence-corrected chi connectivity index (χ2v) is 5.01. The van der Waals surface area contributed by atoms with E-state index < -0.39 is 0 Å². The zero-order chi connectivity index (χ0) is 13.7. The quantitative estimate of drug-likeness (QED) is 0.487. The van der Waals surface area contributed by atoms with E-state index in [9.17, 15) is 4.79 Å². The minimum atomic E-state index is 0.0719. The monoisotopic (exact) mass is 260 g/mol.